The van der Waals surface area contributed by atoms with Gasteiger partial charge in [-0.05, 0) is 29.5 Å². The third-order valence-electron chi connectivity index (χ3n) is 4.53. The van der Waals surface area contributed by atoms with Gasteiger partial charge in [0.1, 0.15) is 0 Å². The van der Waals surface area contributed by atoms with Crippen molar-refractivity contribution < 1.29 is 0 Å². The summed E-state index contributed by atoms with van der Waals surface area (Å²) in [4.78, 5) is 4.70. The summed E-state index contributed by atoms with van der Waals surface area (Å²) in [5, 5.41) is 16.6. The van der Waals surface area contributed by atoms with Crippen LogP contribution in [0.4, 0.5) is 5.95 Å². The molecule has 130 valence electrons. The Labute approximate surface area is 146 Å². The van der Waals surface area contributed by atoms with Gasteiger partial charge in [-0.25, -0.2) is 0 Å². The minimum Gasteiger partial charge on any atom is -0.337 e. The number of hydrogen-bond donors (Lipinski definition) is 0. The molecule has 3 aromatic rings. The van der Waals surface area contributed by atoms with Gasteiger partial charge in [-0.2, -0.15) is 9.78 Å². The smallest absolute Gasteiger partial charge is 0.250 e. The summed E-state index contributed by atoms with van der Waals surface area (Å²) in [6.45, 7) is 7.75. The average molecular weight is 338 g/mol. The minimum absolute atomic E-state index is 0.810. The van der Waals surface area contributed by atoms with Crippen molar-refractivity contribution in [2.75, 3.05) is 31.1 Å². The number of nitrogens with zero attached hydrogens (tertiary/aromatic N) is 8. The zero-order chi connectivity index (χ0) is 17.1. The molecule has 0 atom stereocenters. The average Bonchev–Trinajstić information content (AvgIpc) is 3.32. The molecular weight excluding hydrogens is 316 g/mol. The normalized spacial score (nSPS) is 15.6. The van der Waals surface area contributed by atoms with Crippen molar-refractivity contribution in [3.8, 4) is 5.69 Å². The van der Waals surface area contributed by atoms with Crippen LogP contribution in [0.3, 0.4) is 0 Å². The maximum absolute atomic E-state index is 4.35. The molecule has 0 radical (unpaired) electrons. The van der Waals surface area contributed by atoms with E-state index in [1.54, 1.807) is 4.68 Å². The molecule has 0 unspecified atom stereocenters. The number of anilines is 1. The summed E-state index contributed by atoms with van der Waals surface area (Å²) in [5.41, 5.74) is 2.25. The molecule has 0 spiro atoms. The molecule has 4 rings (SSSR count). The van der Waals surface area contributed by atoms with Gasteiger partial charge in [0.15, 0.2) is 0 Å². The number of piperazine rings is 1. The summed E-state index contributed by atoms with van der Waals surface area (Å²) in [5.74, 6) is 0.810. The standard InChI is InChI=1S/C17H22N8/c1-2-24-14-15(12-18-24)13-22-8-10-23(11-9-22)17-19-20-21-25(17)16-6-4-3-5-7-16/h3-7,12,14H,2,8-11,13H2,1H3. The van der Waals surface area contributed by atoms with Crippen LogP contribution in [0.5, 0.6) is 0 Å². The first-order valence-corrected chi connectivity index (χ1v) is 8.66. The van der Waals surface area contributed by atoms with Crippen LogP contribution >= 0.6 is 0 Å². The minimum atomic E-state index is 0.810. The molecule has 1 aliphatic rings. The monoisotopic (exact) mass is 338 g/mol. The Kier molecular flexibility index (Phi) is 4.43. The van der Waals surface area contributed by atoms with Crippen LogP contribution in [0, 0.1) is 0 Å². The Balaban J connectivity index is 1.40. The topological polar surface area (TPSA) is 67.9 Å². The van der Waals surface area contributed by atoms with Crippen LogP contribution in [0.2, 0.25) is 0 Å². The van der Waals surface area contributed by atoms with E-state index < -0.39 is 0 Å². The van der Waals surface area contributed by atoms with Gasteiger partial charge in [-0.3, -0.25) is 9.58 Å². The lowest BCUT2D eigenvalue weighted by Gasteiger charge is -2.34. The molecule has 0 bridgehead atoms. The number of rotatable bonds is 5. The number of hydrogen-bond acceptors (Lipinski definition) is 6. The SMILES string of the molecule is CCn1cc(CN2CCN(c3nnnn3-c3ccccc3)CC2)cn1. The van der Waals surface area contributed by atoms with Gasteiger partial charge < -0.3 is 4.90 Å². The second-order valence-corrected chi connectivity index (χ2v) is 6.19. The van der Waals surface area contributed by atoms with Crippen LogP contribution in [0.25, 0.3) is 5.69 Å². The van der Waals surface area contributed by atoms with Gasteiger partial charge in [0, 0.05) is 51.0 Å². The fourth-order valence-electron chi connectivity index (χ4n) is 3.14. The molecule has 1 aromatic carbocycles. The molecular formula is C17H22N8. The van der Waals surface area contributed by atoms with Crippen molar-refractivity contribution in [2.45, 2.75) is 20.0 Å². The van der Waals surface area contributed by atoms with Gasteiger partial charge in [0.05, 0.1) is 11.9 Å². The van der Waals surface area contributed by atoms with E-state index in [4.69, 9.17) is 0 Å². The van der Waals surface area contributed by atoms with Crippen LogP contribution in [-0.4, -0.2) is 61.1 Å². The summed E-state index contributed by atoms with van der Waals surface area (Å²) < 4.78 is 3.78. The Bertz CT molecular complexity index is 801. The van der Waals surface area contributed by atoms with Crippen molar-refractivity contribution in [1.82, 2.24) is 34.9 Å². The lowest BCUT2D eigenvalue weighted by Crippen LogP contribution is -2.46. The summed E-state index contributed by atoms with van der Waals surface area (Å²) in [6.07, 6.45) is 4.09. The van der Waals surface area contributed by atoms with Gasteiger partial charge in [-0.1, -0.05) is 23.3 Å². The highest BCUT2D eigenvalue weighted by atomic mass is 15.6. The molecule has 0 amide bonds. The van der Waals surface area contributed by atoms with E-state index in [9.17, 15) is 0 Å². The zero-order valence-electron chi connectivity index (χ0n) is 14.4. The molecule has 8 nitrogen and oxygen atoms in total. The predicted octanol–water partition coefficient (Wildman–Crippen LogP) is 1.20. The second kappa shape index (κ2) is 7.02. The lowest BCUT2D eigenvalue weighted by molar-refractivity contribution is 0.248. The van der Waals surface area contributed by atoms with E-state index in [2.05, 4.69) is 43.5 Å². The van der Waals surface area contributed by atoms with Crippen molar-refractivity contribution >= 4 is 5.95 Å². The number of aryl methyl sites for hydroxylation is 1. The van der Waals surface area contributed by atoms with Crippen LogP contribution < -0.4 is 4.90 Å². The van der Waals surface area contributed by atoms with Crippen molar-refractivity contribution in [1.29, 1.82) is 0 Å². The molecule has 3 heterocycles. The molecule has 8 heteroatoms. The highest BCUT2D eigenvalue weighted by molar-refractivity contribution is 5.40. The molecule has 0 N–H and O–H groups in total. The Morgan fingerprint density at radius 2 is 1.84 bits per heavy atom. The molecule has 1 fully saturated rings. The first-order valence-electron chi connectivity index (χ1n) is 8.66. The summed E-state index contributed by atoms with van der Waals surface area (Å²) in [6, 6.07) is 10.0. The van der Waals surface area contributed by atoms with Crippen molar-refractivity contribution in [3.63, 3.8) is 0 Å². The van der Waals surface area contributed by atoms with Gasteiger partial charge in [0.2, 0.25) is 5.95 Å². The van der Waals surface area contributed by atoms with Gasteiger partial charge in [0.25, 0.3) is 0 Å². The van der Waals surface area contributed by atoms with E-state index in [0.29, 0.717) is 0 Å². The van der Waals surface area contributed by atoms with Crippen LogP contribution in [0.1, 0.15) is 12.5 Å². The Hall–Kier alpha value is -2.74. The maximum Gasteiger partial charge on any atom is 0.250 e. The van der Waals surface area contributed by atoms with Gasteiger partial charge >= 0.3 is 0 Å². The first-order chi connectivity index (χ1) is 12.3. The quantitative estimate of drug-likeness (QED) is 0.696. The maximum atomic E-state index is 4.35. The highest BCUT2D eigenvalue weighted by Gasteiger charge is 2.22. The van der Waals surface area contributed by atoms with Crippen molar-refractivity contribution in [2.24, 2.45) is 0 Å². The van der Waals surface area contributed by atoms with Crippen molar-refractivity contribution in [3.05, 3.63) is 48.3 Å². The third-order valence-corrected chi connectivity index (χ3v) is 4.53. The van der Waals surface area contributed by atoms with Gasteiger partial charge in [-0.15, -0.1) is 0 Å². The second-order valence-electron chi connectivity index (χ2n) is 6.19. The first kappa shape index (κ1) is 15.8. The van der Waals surface area contributed by atoms with Crippen LogP contribution in [-0.2, 0) is 13.1 Å². The molecule has 0 aliphatic carbocycles. The molecule has 0 saturated carbocycles. The van der Waals surface area contributed by atoms with E-state index in [-0.39, 0.29) is 0 Å². The van der Waals surface area contributed by atoms with E-state index >= 15 is 0 Å². The predicted molar refractivity (Wildman–Crippen MR) is 94.5 cm³/mol. The lowest BCUT2D eigenvalue weighted by atomic mass is 10.2. The Morgan fingerprint density at radius 1 is 1.04 bits per heavy atom. The fraction of sp³-hybridized carbons (Fsp3) is 0.412. The third kappa shape index (κ3) is 3.39. The molecule has 2 aromatic heterocycles. The number of tetrazole rings is 1. The molecule has 25 heavy (non-hydrogen) atoms. The highest BCUT2D eigenvalue weighted by Crippen LogP contribution is 2.17. The fourth-order valence-corrected chi connectivity index (χ4v) is 3.14. The summed E-state index contributed by atoms with van der Waals surface area (Å²) in [7, 11) is 0. The largest absolute Gasteiger partial charge is 0.337 e. The van der Waals surface area contributed by atoms with E-state index in [1.165, 1.54) is 5.56 Å². The summed E-state index contributed by atoms with van der Waals surface area (Å²) >= 11 is 0. The molecule has 1 saturated heterocycles. The zero-order valence-corrected chi connectivity index (χ0v) is 14.4. The van der Waals surface area contributed by atoms with Crippen LogP contribution in [0.15, 0.2) is 42.7 Å². The van der Waals surface area contributed by atoms with E-state index in [0.717, 1.165) is 50.9 Å². The Morgan fingerprint density at radius 3 is 2.56 bits per heavy atom. The number of benzene rings is 1. The number of para-hydroxylation sites is 1. The van der Waals surface area contributed by atoms with E-state index in [1.807, 2.05) is 41.2 Å². The number of aromatic nitrogens is 6. The molecule has 1 aliphatic heterocycles.